The van der Waals surface area contributed by atoms with E-state index in [1.54, 1.807) is 20.2 Å². The molecule has 1 atom stereocenters. The molecule has 1 aromatic heterocycles. The standard InChI is InChI=1S/C17H21N3O3/c1-17(16(21)22)8-3-10-19(17)12-15-18-9-11-20(15)13-4-6-14(23-2)7-5-13/h4-7,9,11H,3,8,10,12H2,1-2H3,(H,21,22)/t17-/m0/s1. The number of aliphatic carboxylic acids is 1. The van der Waals surface area contributed by atoms with Crippen LogP contribution in [0.25, 0.3) is 5.69 Å². The van der Waals surface area contributed by atoms with E-state index in [4.69, 9.17) is 4.74 Å². The molecule has 1 aliphatic rings. The molecule has 0 unspecified atom stereocenters. The Hall–Kier alpha value is -2.34. The molecule has 1 N–H and O–H groups in total. The number of aromatic nitrogens is 2. The minimum atomic E-state index is -0.809. The number of carboxylic acids is 1. The van der Waals surface area contributed by atoms with Crippen molar-refractivity contribution in [3.05, 3.63) is 42.5 Å². The van der Waals surface area contributed by atoms with Crippen LogP contribution in [0.4, 0.5) is 0 Å². The zero-order valence-corrected chi connectivity index (χ0v) is 13.4. The van der Waals surface area contributed by atoms with Crippen molar-refractivity contribution in [3.63, 3.8) is 0 Å². The van der Waals surface area contributed by atoms with E-state index >= 15 is 0 Å². The summed E-state index contributed by atoms with van der Waals surface area (Å²) in [4.78, 5) is 18.0. The van der Waals surface area contributed by atoms with Gasteiger partial charge in [0.25, 0.3) is 0 Å². The van der Waals surface area contributed by atoms with Crippen LogP contribution in [0.15, 0.2) is 36.7 Å². The fourth-order valence-corrected chi connectivity index (χ4v) is 3.11. The van der Waals surface area contributed by atoms with Crippen molar-refractivity contribution in [2.45, 2.75) is 31.8 Å². The van der Waals surface area contributed by atoms with Gasteiger partial charge in [0, 0.05) is 18.1 Å². The molecular formula is C17H21N3O3. The Balaban J connectivity index is 1.85. The number of benzene rings is 1. The average Bonchev–Trinajstić information content (AvgIpc) is 3.16. The molecule has 1 aliphatic heterocycles. The van der Waals surface area contributed by atoms with Gasteiger partial charge in [-0.2, -0.15) is 0 Å². The molecule has 122 valence electrons. The van der Waals surface area contributed by atoms with Gasteiger partial charge in [-0.3, -0.25) is 9.69 Å². The minimum Gasteiger partial charge on any atom is -0.497 e. The van der Waals surface area contributed by atoms with E-state index in [0.29, 0.717) is 13.0 Å². The van der Waals surface area contributed by atoms with Crippen LogP contribution in [-0.2, 0) is 11.3 Å². The van der Waals surface area contributed by atoms with Crippen LogP contribution in [0.1, 0.15) is 25.6 Å². The molecule has 0 bridgehead atoms. The summed E-state index contributed by atoms with van der Waals surface area (Å²) in [5, 5.41) is 9.53. The predicted molar refractivity (Wildman–Crippen MR) is 85.8 cm³/mol. The molecule has 0 radical (unpaired) electrons. The lowest BCUT2D eigenvalue weighted by molar-refractivity contribution is -0.149. The molecule has 1 fully saturated rings. The molecule has 1 saturated heterocycles. The Labute approximate surface area is 135 Å². The summed E-state index contributed by atoms with van der Waals surface area (Å²) in [5.74, 6) is 0.871. The number of methoxy groups -OCH3 is 1. The van der Waals surface area contributed by atoms with Gasteiger partial charge in [-0.25, -0.2) is 4.98 Å². The number of rotatable bonds is 5. The Morgan fingerprint density at radius 1 is 1.39 bits per heavy atom. The zero-order chi connectivity index (χ0) is 16.4. The molecule has 0 spiro atoms. The topological polar surface area (TPSA) is 67.6 Å². The highest BCUT2D eigenvalue weighted by Gasteiger charge is 2.43. The van der Waals surface area contributed by atoms with Crippen molar-refractivity contribution < 1.29 is 14.6 Å². The summed E-state index contributed by atoms with van der Waals surface area (Å²) in [6.45, 7) is 3.09. The zero-order valence-electron chi connectivity index (χ0n) is 13.4. The second kappa shape index (κ2) is 6.04. The summed E-state index contributed by atoms with van der Waals surface area (Å²) >= 11 is 0. The Bertz CT molecular complexity index is 695. The summed E-state index contributed by atoms with van der Waals surface area (Å²) in [6, 6.07) is 7.72. The maximum atomic E-state index is 11.6. The fraction of sp³-hybridized carbons (Fsp3) is 0.412. The first kappa shape index (κ1) is 15.6. The third kappa shape index (κ3) is 2.82. The SMILES string of the molecule is COc1ccc(-n2ccnc2CN2CCC[C@@]2(C)C(=O)O)cc1. The summed E-state index contributed by atoms with van der Waals surface area (Å²) < 4.78 is 7.17. The lowest BCUT2D eigenvalue weighted by Crippen LogP contribution is -2.47. The summed E-state index contributed by atoms with van der Waals surface area (Å²) in [5.41, 5.74) is 0.172. The molecular weight excluding hydrogens is 294 g/mol. The molecule has 0 saturated carbocycles. The van der Waals surface area contributed by atoms with Crippen LogP contribution in [0, 0.1) is 0 Å². The monoisotopic (exact) mass is 315 g/mol. The number of carbonyl (C=O) groups is 1. The van der Waals surface area contributed by atoms with Gasteiger partial charge in [0.2, 0.25) is 0 Å². The number of nitrogens with zero attached hydrogens (tertiary/aromatic N) is 3. The van der Waals surface area contributed by atoms with Crippen molar-refractivity contribution in [1.82, 2.24) is 14.5 Å². The average molecular weight is 315 g/mol. The molecule has 3 rings (SSSR count). The van der Waals surface area contributed by atoms with Crippen LogP contribution in [0.5, 0.6) is 5.75 Å². The van der Waals surface area contributed by atoms with Crippen LogP contribution in [0.2, 0.25) is 0 Å². The minimum absolute atomic E-state index is 0.516. The number of carboxylic acid groups (broad SMARTS) is 1. The van der Waals surface area contributed by atoms with Gasteiger partial charge < -0.3 is 14.4 Å². The van der Waals surface area contributed by atoms with Gasteiger partial charge in [0.1, 0.15) is 17.1 Å². The lowest BCUT2D eigenvalue weighted by atomic mass is 9.99. The quantitative estimate of drug-likeness (QED) is 0.917. The van der Waals surface area contributed by atoms with E-state index < -0.39 is 11.5 Å². The van der Waals surface area contributed by atoms with Crippen molar-refractivity contribution in [2.24, 2.45) is 0 Å². The van der Waals surface area contributed by atoms with E-state index in [1.165, 1.54) is 0 Å². The molecule has 6 heteroatoms. The first-order valence-corrected chi connectivity index (χ1v) is 7.70. The molecule has 23 heavy (non-hydrogen) atoms. The van der Waals surface area contributed by atoms with Crippen molar-refractivity contribution in [1.29, 1.82) is 0 Å². The van der Waals surface area contributed by atoms with Gasteiger partial charge in [0.05, 0.1) is 13.7 Å². The van der Waals surface area contributed by atoms with Gasteiger partial charge in [-0.05, 0) is 50.6 Å². The van der Waals surface area contributed by atoms with E-state index in [9.17, 15) is 9.90 Å². The third-order valence-electron chi connectivity index (χ3n) is 4.65. The Kier molecular flexibility index (Phi) is 4.09. The molecule has 1 aromatic carbocycles. The van der Waals surface area contributed by atoms with Crippen LogP contribution < -0.4 is 4.74 Å². The third-order valence-corrected chi connectivity index (χ3v) is 4.65. The molecule has 6 nitrogen and oxygen atoms in total. The van der Waals surface area contributed by atoms with Gasteiger partial charge in [-0.1, -0.05) is 0 Å². The normalized spacial score (nSPS) is 21.5. The number of hydrogen-bond donors (Lipinski definition) is 1. The smallest absolute Gasteiger partial charge is 0.323 e. The Morgan fingerprint density at radius 3 is 2.78 bits per heavy atom. The van der Waals surface area contributed by atoms with Gasteiger partial charge in [0.15, 0.2) is 0 Å². The highest BCUT2D eigenvalue weighted by molar-refractivity contribution is 5.78. The van der Waals surface area contributed by atoms with E-state index in [-0.39, 0.29) is 0 Å². The maximum absolute atomic E-state index is 11.6. The first-order chi connectivity index (χ1) is 11.0. The van der Waals surface area contributed by atoms with Crippen molar-refractivity contribution in [2.75, 3.05) is 13.7 Å². The number of ether oxygens (including phenoxy) is 1. The summed E-state index contributed by atoms with van der Waals surface area (Å²) in [7, 11) is 1.64. The molecule has 2 heterocycles. The van der Waals surface area contributed by atoms with Crippen molar-refractivity contribution in [3.8, 4) is 11.4 Å². The van der Waals surface area contributed by atoms with Crippen molar-refractivity contribution >= 4 is 5.97 Å². The number of likely N-dealkylation sites (tertiary alicyclic amines) is 1. The van der Waals surface area contributed by atoms with E-state index in [2.05, 4.69) is 4.98 Å². The highest BCUT2D eigenvalue weighted by Crippen LogP contribution is 2.31. The number of imidazole rings is 1. The van der Waals surface area contributed by atoms with E-state index in [1.807, 2.05) is 39.9 Å². The molecule has 2 aromatic rings. The van der Waals surface area contributed by atoms with Crippen LogP contribution >= 0.6 is 0 Å². The Morgan fingerprint density at radius 2 is 2.13 bits per heavy atom. The predicted octanol–water partition coefficient (Wildman–Crippen LogP) is 2.32. The second-order valence-corrected chi connectivity index (χ2v) is 6.02. The van der Waals surface area contributed by atoms with Crippen LogP contribution in [0.3, 0.4) is 0 Å². The van der Waals surface area contributed by atoms with Gasteiger partial charge >= 0.3 is 5.97 Å². The molecule has 0 aliphatic carbocycles. The second-order valence-electron chi connectivity index (χ2n) is 6.02. The van der Waals surface area contributed by atoms with E-state index in [0.717, 1.165) is 30.2 Å². The maximum Gasteiger partial charge on any atom is 0.323 e. The summed E-state index contributed by atoms with van der Waals surface area (Å²) in [6.07, 6.45) is 5.21. The highest BCUT2D eigenvalue weighted by atomic mass is 16.5. The lowest BCUT2D eigenvalue weighted by Gasteiger charge is -2.30. The largest absolute Gasteiger partial charge is 0.497 e. The van der Waals surface area contributed by atoms with Gasteiger partial charge in [-0.15, -0.1) is 0 Å². The number of hydrogen-bond acceptors (Lipinski definition) is 4. The molecule has 0 amide bonds. The van der Waals surface area contributed by atoms with Crippen LogP contribution in [-0.4, -0.2) is 44.7 Å². The fourth-order valence-electron chi connectivity index (χ4n) is 3.11. The first-order valence-electron chi connectivity index (χ1n) is 7.70.